The van der Waals surface area contributed by atoms with Crippen molar-refractivity contribution in [2.45, 2.75) is 64.5 Å². The highest BCUT2D eigenvalue weighted by Gasteiger charge is 2.23. The lowest BCUT2D eigenvalue weighted by atomic mass is 10.1. The molecule has 1 heterocycles. The van der Waals surface area contributed by atoms with Crippen LogP contribution in [-0.2, 0) is 0 Å². The molecule has 1 aliphatic rings. The van der Waals surface area contributed by atoms with E-state index >= 15 is 0 Å². The van der Waals surface area contributed by atoms with Crippen LogP contribution in [0.1, 0.15) is 58.3 Å². The summed E-state index contributed by atoms with van der Waals surface area (Å²) in [5.41, 5.74) is 0. The van der Waals surface area contributed by atoms with E-state index in [1.54, 1.807) is 0 Å². The van der Waals surface area contributed by atoms with Crippen molar-refractivity contribution in [1.82, 2.24) is 4.90 Å². The number of para-hydroxylation sites is 1. The van der Waals surface area contributed by atoms with E-state index in [1.807, 2.05) is 54.6 Å². The van der Waals surface area contributed by atoms with Crippen LogP contribution in [0.25, 0.3) is 0 Å². The van der Waals surface area contributed by atoms with E-state index in [-0.39, 0.29) is 18.6 Å². The van der Waals surface area contributed by atoms with Gasteiger partial charge in [-0.1, -0.05) is 56.9 Å². The molecule has 1 saturated heterocycles. The number of hydrogen-bond donors (Lipinski definition) is 0. The van der Waals surface area contributed by atoms with E-state index in [0.717, 1.165) is 36.8 Å². The van der Waals surface area contributed by atoms with Crippen LogP contribution in [0.15, 0.2) is 54.6 Å². The van der Waals surface area contributed by atoms with Gasteiger partial charge in [0.1, 0.15) is 17.2 Å². The molecule has 28 heavy (non-hydrogen) atoms. The van der Waals surface area contributed by atoms with Crippen LogP contribution < -0.4 is 9.47 Å². The van der Waals surface area contributed by atoms with Gasteiger partial charge in [0.05, 0.1) is 0 Å². The van der Waals surface area contributed by atoms with Crippen molar-refractivity contribution < 1.29 is 9.47 Å². The van der Waals surface area contributed by atoms with Gasteiger partial charge in [-0.25, -0.2) is 0 Å². The zero-order chi connectivity index (χ0) is 18.7. The van der Waals surface area contributed by atoms with Crippen molar-refractivity contribution >= 4 is 12.4 Å². The topological polar surface area (TPSA) is 21.7 Å². The van der Waals surface area contributed by atoms with Crippen molar-refractivity contribution in [3.05, 3.63) is 54.6 Å². The van der Waals surface area contributed by atoms with Crippen molar-refractivity contribution in [3.63, 3.8) is 0 Å². The summed E-state index contributed by atoms with van der Waals surface area (Å²) >= 11 is 0. The van der Waals surface area contributed by atoms with Gasteiger partial charge >= 0.3 is 0 Å². The zero-order valence-corrected chi connectivity index (χ0v) is 17.8. The molecule has 0 spiro atoms. The highest BCUT2D eigenvalue weighted by molar-refractivity contribution is 5.85. The Hall–Kier alpha value is -1.71. The highest BCUT2D eigenvalue weighted by atomic mass is 35.5. The average Bonchev–Trinajstić information content (AvgIpc) is 2.70. The second kappa shape index (κ2) is 12.7. The van der Waals surface area contributed by atoms with Crippen molar-refractivity contribution in [3.8, 4) is 17.2 Å². The minimum Gasteiger partial charge on any atom is -0.475 e. The third kappa shape index (κ3) is 7.37. The van der Waals surface area contributed by atoms with Crippen LogP contribution in [0.5, 0.6) is 17.2 Å². The minimum absolute atomic E-state index is 0. The number of ether oxygens (including phenoxy) is 2. The number of likely N-dealkylation sites (tertiary alicyclic amines) is 1. The van der Waals surface area contributed by atoms with Gasteiger partial charge in [0.15, 0.2) is 6.23 Å². The summed E-state index contributed by atoms with van der Waals surface area (Å²) in [5, 5.41) is 0. The van der Waals surface area contributed by atoms with Crippen LogP contribution in [0.4, 0.5) is 0 Å². The summed E-state index contributed by atoms with van der Waals surface area (Å²) in [6.45, 7) is 4.57. The molecular formula is C24H34ClNO2. The Morgan fingerprint density at radius 2 is 1.61 bits per heavy atom. The number of rotatable bonds is 10. The summed E-state index contributed by atoms with van der Waals surface area (Å²) < 4.78 is 12.3. The van der Waals surface area contributed by atoms with Crippen LogP contribution >= 0.6 is 12.4 Å². The molecule has 0 N–H and O–H groups in total. The summed E-state index contributed by atoms with van der Waals surface area (Å²) in [4.78, 5) is 2.53. The first kappa shape index (κ1) is 22.6. The lowest BCUT2D eigenvalue weighted by molar-refractivity contribution is -0.00482. The molecular weight excluding hydrogens is 370 g/mol. The molecule has 1 unspecified atom stereocenters. The fraction of sp³-hybridized carbons (Fsp3) is 0.500. The molecule has 3 nitrogen and oxygen atoms in total. The predicted octanol–water partition coefficient (Wildman–Crippen LogP) is 7.06. The van der Waals surface area contributed by atoms with Crippen molar-refractivity contribution in [1.29, 1.82) is 0 Å². The fourth-order valence-electron chi connectivity index (χ4n) is 3.66. The maximum Gasteiger partial charge on any atom is 0.152 e. The minimum atomic E-state index is 0. The molecule has 0 aliphatic carbocycles. The van der Waals surface area contributed by atoms with E-state index in [0.29, 0.717) is 0 Å². The Morgan fingerprint density at radius 1 is 0.857 bits per heavy atom. The van der Waals surface area contributed by atoms with Crippen LogP contribution in [0.3, 0.4) is 0 Å². The SMILES string of the molecule is CCCCCCCN1CCCCC1Oc1cccc(Oc2ccccc2)c1.Cl. The average molecular weight is 404 g/mol. The third-order valence-electron chi connectivity index (χ3n) is 5.16. The van der Waals surface area contributed by atoms with Gasteiger partial charge in [0.2, 0.25) is 0 Å². The zero-order valence-electron chi connectivity index (χ0n) is 17.0. The molecule has 0 aromatic heterocycles. The summed E-state index contributed by atoms with van der Waals surface area (Å²) in [6.07, 6.45) is 10.5. The summed E-state index contributed by atoms with van der Waals surface area (Å²) in [5.74, 6) is 2.56. The van der Waals surface area contributed by atoms with Gasteiger partial charge < -0.3 is 9.47 Å². The van der Waals surface area contributed by atoms with Crippen molar-refractivity contribution in [2.24, 2.45) is 0 Å². The standard InChI is InChI=1S/C24H33NO2.ClH/c1-2-3-4-5-10-18-25-19-11-9-17-24(25)27-23-16-12-15-22(20-23)26-21-13-7-6-8-14-21;/h6-8,12-16,20,24H,2-5,9-11,17-19H2,1H3;1H. The van der Waals surface area contributed by atoms with Crippen LogP contribution in [0.2, 0.25) is 0 Å². The monoisotopic (exact) mass is 403 g/mol. The third-order valence-corrected chi connectivity index (χ3v) is 5.16. The highest BCUT2D eigenvalue weighted by Crippen LogP contribution is 2.28. The van der Waals surface area contributed by atoms with Gasteiger partial charge in [0.25, 0.3) is 0 Å². The number of benzene rings is 2. The summed E-state index contributed by atoms with van der Waals surface area (Å²) in [7, 11) is 0. The van der Waals surface area contributed by atoms with Gasteiger partial charge in [-0.15, -0.1) is 12.4 Å². The Labute approximate surface area is 176 Å². The first-order valence-electron chi connectivity index (χ1n) is 10.6. The Kier molecular flexibility index (Phi) is 10.2. The molecule has 0 bridgehead atoms. The molecule has 0 radical (unpaired) electrons. The number of hydrogen-bond acceptors (Lipinski definition) is 3. The van der Waals surface area contributed by atoms with Crippen LogP contribution in [0, 0.1) is 0 Å². The van der Waals surface area contributed by atoms with E-state index in [9.17, 15) is 0 Å². The van der Waals surface area contributed by atoms with E-state index < -0.39 is 0 Å². The Balaban J connectivity index is 0.00000280. The number of halogens is 1. The van der Waals surface area contributed by atoms with Gasteiger partial charge in [0, 0.05) is 19.2 Å². The molecule has 0 saturated carbocycles. The first-order valence-corrected chi connectivity index (χ1v) is 10.6. The van der Waals surface area contributed by atoms with Gasteiger partial charge in [-0.05, 0) is 49.9 Å². The molecule has 1 atom stereocenters. The van der Waals surface area contributed by atoms with Gasteiger partial charge in [-0.3, -0.25) is 4.90 Å². The molecule has 1 aliphatic heterocycles. The smallest absolute Gasteiger partial charge is 0.152 e. The van der Waals surface area contributed by atoms with Crippen molar-refractivity contribution in [2.75, 3.05) is 13.1 Å². The maximum absolute atomic E-state index is 6.37. The fourth-order valence-corrected chi connectivity index (χ4v) is 3.66. The maximum atomic E-state index is 6.37. The second-order valence-electron chi connectivity index (χ2n) is 7.41. The number of nitrogens with zero attached hydrogens (tertiary/aromatic N) is 1. The van der Waals surface area contributed by atoms with Gasteiger partial charge in [-0.2, -0.15) is 0 Å². The normalized spacial score (nSPS) is 17.0. The van der Waals surface area contributed by atoms with E-state index in [4.69, 9.17) is 9.47 Å². The molecule has 2 aromatic carbocycles. The quantitative estimate of drug-likeness (QED) is 0.396. The lowest BCUT2D eigenvalue weighted by Crippen LogP contribution is -2.43. The molecule has 154 valence electrons. The summed E-state index contributed by atoms with van der Waals surface area (Å²) in [6, 6.07) is 17.9. The molecule has 4 heteroatoms. The largest absolute Gasteiger partial charge is 0.475 e. The number of piperidine rings is 1. The van der Waals surface area contributed by atoms with E-state index in [1.165, 1.54) is 44.9 Å². The second-order valence-corrected chi connectivity index (χ2v) is 7.41. The predicted molar refractivity (Wildman–Crippen MR) is 119 cm³/mol. The molecule has 2 aromatic rings. The Morgan fingerprint density at radius 3 is 2.43 bits per heavy atom. The first-order chi connectivity index (χ1) is 13.3. The lowest BCUT2D eigenvalue weighted by Gasteiger charge is -2.35. The molecule has 0 amide bonds. The Bertz CT molecular complexity index is 665. The number of unbranched alkanes of at least 4 members (excludes halogenated alkanes) is 4. The molecule has 1 fully saturated rings. The van der Waals surface area contributed by atoms with Crippen LogP contribution in [-0.4, -0.2) is 24.2 Å². The van der Waals surface area contributed by atoms with E-state index in [2.05, 4.69) is 11.8 Å². The molecule has 3 rings (SSSR count).